The largest absolute Gasteiger partial charge is 0.480 e. The van der Waals surface area contributed by atoms with Gasteiger partial charge in [-0.3, -0.25) is 9.59 Å². The number of carbonyl (C=O) groups excluding carboxylic acids is 2. The van der Waals surface area contributed by atoms with Crippen molar-refractivity contribution < 1.29 is 29.0 Å². The fourth-order valence-corrected chi connectivity index (χ4v) is 2.28. The number of furan rings is 1. The first-order valence-electron chi connectivity index (χ1n) is 6.39. The van der Waals surface area contributed by atoms with Crippen molar-refractivity contribution >= 4 is 17.8 Å². The lowest BCUT2D eigenvalue weighted by molar-refractivity contribution is -0.148. The number of carboxylic acid groups (broad SMARTS) is 1. The van der Waals surface area contributed by atoms with Crippen molar-refractivity contribution in [1.82, 2.24) is 9.80 Å². The van der Waals surface area contributed by atoms with Crippen LogP contribution in [0.1, 0.15) is 17.0 Å². The monoisotopic (exact) mass is 296 g/mol. The number of likely N-dealkylation sites (tertiary alicyclic amines) is 1. The number of rotatable bonds is 4. The van der Waals surface area contributed by atoms with E-state index in [0.29, 0.717) is 0 Å². The summed E-state index contributed by atoms with van der Waals surface area (Å²) < 4.78 is 4.95. The summed E-state index contributed by atoms with van der Waals surface area (Å²) in [5, 5.41) is 18.6. The molecule has 8 heteroatoms. The van der Waals surface area contributed by atoms with Crippen LogP contribution in [0.2, 0.25) is 0 Å². The summed E-state index contributed by atoms with van der Waals surface area (Å²) in [5.74, 6) is -2.07. The smallest absolute Gasteiger partial charge is 0.326 e. The van der Waals surface area contributed by atoms with Gasteiger partial charge in [0.15, 0.2) is 5.76 Å². The second-order valence-electron chi connectivity index (χ2n) is 4.93. The fourth-order valence-electron chi connectivity index (χ4n) is 2.28. The molecule has 2 heterocycles. The molecule has 0 bridgehead atoms. The molecule has 1 aliphatic heterocycles. The molecule has 114 valence electrons. The van der Waals surface area contributed by atoms with Crippen molar-refractivity contribution in [3.05, 3.63) is 24.2 Å². The lowest BCUT2D eigenvalue weighted by atomic mass is 10.2. The molecule has 21 heavy (non-hydrogen) atoms. The summed E-state index contributed by atoms with van der Waals surface area (Å²) in [5.41, 5.74) is 0. The molecule has 0 aromatic carbocycles. The molecule has 1 saturated heterocycles. The van der Waals surface area contributed by atoms with E-state index in [9.17, 15) is 19.5 Å². The molecule has 0 aliphatic carbocycles. The van der Waals surface area contributed by atoms with E-state index in [-0.39, 0.29) is 25.3 Å². The molecule has 0 saturated carbocycles. The number of aliphatic hydroxyl groups excluding tert-OH is 1. The van der Waals surface area contributed by atoms with Crippen LogP contribution in [0.15, 0.2) is 22.8 Å². The van der Waals surface area contributed by atoms with Gasteiger partial charge in [0.1, 0.15) is 6.04 Å². The molecule has 0 spiro atoms. The van der Waals surface area contributed by atoms with Crippen LogP contribution < -0.4 is 0 Å². The normalized spacial score (nSPS) is 21.3. The highest BCUT2D eigenvalue weighted by atomic mass is 16.4. The predicted molar refractivity (Wildman–Crippen MR) is 69.4 cm³/mol. The van der Waals surface area contributed by atoms with E-state index in [2.05, 4.69) is 0 Å². The Labute approximate surface area is 120 Å². The van der Waals surface area contributed by atoms with Crippen molar-refractivity contribution in [1.29, 1.82) is 0 Å². The van der Waals surface area contributed by atoms with Gasteiger partial charge < -0.3 is 24.4 Å². The van der Waals surface area contributed by atoms with Crippen molar-refractivity contribution in [2.75, 3.05) is 20.1 Å². The highest BCUT2D eigenvalue weighted by Gasteiger charge is 2.39. The molecule has 1 aromatic rings. The SMILES string of the molecule is CN(CC(=O)N1CC(O)CC1C(=O)O)C(=O)c1ccco1. The maximum atomic E-state index is 12.1. The van der Waals surface area contributed by atoms with Crippen LogP contribution in [-0.4, -0.2) is 70.1 Å². The first kappa shape index (κ1) is 15.0. The Morgan fingerprint density at radius 1 is 1.48 bits per heavy atom. The number of carbonyl (C=O) groups is 3. The van der Waals surface area contributed by atoms with Gasteiger partial charge in [-0.25, -0.2) is 4.79 Å². The molecular formula is C13H16N2O6. The Kier molecular flexibility index (Phi) is 4.27. The molecule has 2 atom stereocenters. The first-order chi connectivity index (χ1) is 9.90. The maximum absolute atomic E-state index is 12.1. The van der Waals surface area contributed by atoms with Crippen LogP contribution in [-0.2, 0) is 9.59 Å². The average molecular weight is 296 g/mol. The molecule has 1 aliphatic rings. The summed E-state index contributed by atoms with van der Waals surface area (Å²) in [7, 11) is 1.42. The quantitative estimate of drug-likeness (QED) is 0.767. The van der Waals surface area contributed by atoms with Gasteiger partial charge in [-0.1, -0.05) is 0 Å². The van der Waals surface area contributed by atoms with Crippen LogP contribution in [0.3, 0.4) is 0 Å². The van der Waals surface area contributed by atoms with Crippen molar-refractivity contribution in [3.63, 3.8) is 0 Å². The summed E-state index contributed by atoms with van der Waals surface area (Å²) >= 11 is 0. The van der Waals surface area contributed by atoms with Crippen LogP contribution >= 0.6 is 0 Å². The summed E-state index contributed by atoms with van der Waals surface area (Å²) in [6.07, 6.45) is 0.484. The van der Waals surface area contributed by atoms with E-state index < -0.39 is 29.9 Å². The first-order valence-corrected chi connectivity index (χ1v) is 6.39. The van der Waals surface area contributed by atoms with Crippen LogP contribution in [0.25, 0.3) is 0 Å². The minimum Gasteiger partial charge on any atom is -0.480 e. The maximum Gasteiger partial charge on any atom is 0.326 e. The number of β-amino-alcohol motifs (C(OH)–C–C–N with tert-alkyl or cyclic N) is 1. The number of hydrogen-bond donors (Lipinski definition) is 2. The number of aliphatic carboxylic acids is 1. The number of nitrogens with zero attached hydrogens (tertiary/aromatic N) is 2. The van der Waals surface area contributed by atoms with E-state index in [0.717, 1.165) is 9.80 Å². The van der Waals surface area contributed by atoms with Crippen LogP contribution in [0.5, 0.6) is 0 Å². The van der Waals surface area contributed by atoms with Gasteiger partial charge in [0, 0.05) is 20.0 Å². The van der Waals surface area contributed by atoms with Crippen molar-refractivity contribution in [3.8, 4) is 0 Å². The summed E-state index contributed by atoms with van der Waals surface area (Å²) in [6.45, 7) is -0.325. The Morgan fingerprint density at radius 3 is 2.76 bits per heavy atom. The Balaban J connectivity index is 2.00. The van der Waals surface area contributed by atoms with Gasteiger partial charge in [-0.15, -0.1) is 0 Å². The zero-order chi connectivity index (χ0) is 15.6. The minimum atomic E-state index is -1.17. The summed E-state index contributed by atoms with van der Waals surface area (Å²) in [6, 6.07) is 1.97. The lowest BCUT2D eigenvalue weighted by Crippen LogP contribution is -2.46. The van der Waals surface area contributed by atoms with E-state index in [1.807, 2.05) is 0 Å². The Morgan fingerprint density at radius 2 is 2.19 bits per heavy atom. The Hall–Kier alpha value is -2.35. The van der Waals surface area contributed by atoms with Gasteiger partial charge in [0.2, 0.25) is 5.91 Å². The standard InChI is InChI=1S/C13H16N2O6/c1-14(12(18)10-3-2-4-21-10)7-11(17)15-6-8(16)5-9(15)13(19)20/h2-4,8-9,16H,5-7H2,1H3,(H,19,20). The van der Waals surface area contributed by atoms with Gasteiger partial charge in [0.25, 0.3) is 5.91 Å². The number of hydrogen-bond acceptors (Lipinski definition) is 5. The molecule has 2 unspecified atom stereocenters. The number of amides is 2. The van der Waals surface area contributed by atoms with Gasteiger partial charge in [-0.05, 0) is 12.1 Å². The average Bonchev–Trinajstić information content (AvgIpc) is 3.06. The predicted octanol–water partition coefficient (Wildman–Crippen LogP) is -0.602. The number of likely N-dealkylation sites (N-methyl/N-ethyl adjacent to an activating group) is 1. The number of aliphatic hydroxyl groups is 1. The van der Waals surface area contributed by atoms with Gasteiger partial charge in [-0.2, -0.15) is 0 Å². The number of carboxylic acids is 1. The third-order valence-electron chi connectivity index (χ3n) is 3.34. The topological polar surface area (TPSA) is 111 Å². The van der Waals surface area contributed by atoms with E-state index in [1.54, 1.807) is 6.07 Å². The molecule has 1 fully saturated rings. The molecule has 8 nitrogen and oxygen atoms in total. The highest BCUT2D eigenvalue weighted by molar-refractivity contribution is 5.94. The zero-order valence-corrected chi connectivity index (χ0v) is 11.4. The Bertz CT molecular complexity index is 541. The lowest BCUT2D eigenvalue weighted by Gasteiger charge is -2.24. The van der Waals surface area contributed by atoms with Crippen molar-refractivity contribution in [2.24, 2.45) is 0 Å². The van der Waals surface area contributed by atoms with Gasteiger partial charge >= 0.3 is 5.97 Å². The van der Waals surface area contributed by atoms with Crippen LogP contribution in [0, 0.1) is 0 Å². The fraction of sp³-hybridized carbons (Fsp3) is 0.462. The highest BCUT2D eigenvalue weighted by Crippen LogP contribution is 2.18. The van der Waals surface area contributed by atoms with Gasteiger partial charge in [0.05, 0.1) is 18.9 Å². The molecule has 0 radical (unpaired) electrons. The summed E-state index contributed by atoms with van der Waals surface area (Å²) in [4.78, 5) is 37.3. The van der Waals surface area contributed by atoms with E-state index in [4.69, 9.17) is 9.52 Å². The molecule has 2 amide bonds. The molecule has 2 rings (SSSR count). The third-order valence-corrected chi connectivity index (χ3v) is 3.34. The van der Waals surface area contributed by atoms with E-state index >= 15 is 0 Å². The second kappa shape index (κ2) is 5.96. The molecule has 1 aromatic heterocycles. The van der Waals surface area contributed by atoms with Crippen molar-refractivity contribution in [2.45, 2.75) is 18.6 Å². The second-order valence-corrected chi connectivity index (χ2v) is 4.93. The minimum absolute atomic E-state index is 0.00306. The van der Waals surface area contributed by atoms with Crippen LogP contribution in [0.4, 0.5) is 0 Å². The van der Waals surface area contributed by atoms with E-state index in [1.165, 1.54) is 19.4 Å². The molecule has 2 N–H and O–H groups in total. The molecular weight excluding hydrogens is 280 g/mol. The third kappa shape index (κ3) is 3.22. The zero-order valence-electron chi connectivity index (χ0n) is 11.4.